The lowest BCUT2D eigenvalue weighted by Crippen LogP contribution is -2.59. The topological polar surface area (TPSA) is 64.8 Å². The first-order chi connectivity index (χ1) is 12.6. The summed E-state index contributed by atoms with van der Waals surface area (Å²) in [6.45, 7) is 5.58. The van der Waals surface area contributed by atoms with E-state index in [2.05, 4.69) is 24.3 Å². The molecule has 0 saturated carbocycles. The van der Waals surface area contributed by atoms with Gasteiger partial charge in [0.15, 0.2) is 0 Å². The van der Waals surface area contributed by atoms with Gasteiger partial charge in [-0.3, -0.25) is 4.79 Å². The van der Waals surface area contributed by atoms with E-state index in [4.69, 9.17) is 15.2 Å². The Labute approximate surface area is 156 Å². The van der Waals surface area contributed by atoms with Crippen molar-refractivity contribution in [1.29, 1.82) is 0 Å². The second-order valence-corrected chi connectivity index (χ2v) is 7.62. The standard InChI is InChI=1S/C21H32N2O3/c1-2-26-19-7-5-17(6-8-19)3-4-18-9-13-23(14-10-18)20(24)21(22)11-15-25-16-12-21/h5-8,18H,2-4,9-16,22H2,1H3. The Kier molecular flexibility index (Phi) is 6.54. The molecule has 1 amide bonds. The number of carbonyl (C=O) groups is 1. The molecule has 1 aromatic rings. The lowest BCUT2D eigenvalue weighted by atomic mass is 9.86. The average Bonchev–Trinajstić information content (AvgIpc) is 2.68. The van der Waals surface area contributed by atoms with E-state index in [0.29, 0.717) is 38.6 Å². The van der Waals surface area contributed by atoms with Crippen LogP contribution in [0.5, 0.6) is 5.75 Å². The molecule has 1 aromatic carbocycles. The van der Waals surface area contributed by atoms with Gasteiger partial charge in [0, 0.05) is 26.3 Å². The molecule has 26 heavy (non-hydrogen) atoms. The molecule has 2 aliphatic heterocycles. The molecule has 2 aliphatic rings. The highest BCUT2D eigenvalue weighted by molar-refractivity contribution is 5.86. The number of nitrogens with zero attached hydrogens (tertiary/aromatic N) is 1. The Balaban J connectivity index is 1.42. The quantitative estimate of drug-likeness (QED) is 0.847. The van der Waals surface area contributed by atoms with Crippen molar-refractivity contribution in [2.75, 3.05) is 32.9 Å². The van der Waals surface area contributed by atoms with Crippen LogP contribution in [0.4, 0.5) is 0 Å². The third-order valence-corrected chi connectivity index (χ3v) is 5.79. The molecule has 0 spiro atoms. The summed E-state index contributed by atoms with van der Waals surface area (Å²) in [5.41, 5.74) is 7.01. The van der Waals surface area contributed by atoms with Crippen LogP contribution in [0.3, 0.4) is 0 Å². The molecule has 2 heterocycles. The summed E-state index contributed by atoms with van der Waals surface area (Å²) in [7, 11) is 0. The number of hydrogen-bond donors (Lipinski definition) is 1. The highest BCUT2D eigenvalue weighted by Gasteiger charge is 2.39. The zero-order chi connectivity index (χ0) is 18.4. The van der Waals surface area contributed by atoms with Gasteiger partial charge < -0.3 is 20.1 Å². The van der Waals surface area contributed by atoms with E-state index < -0.39 is 5.54 Å². The van der Waals surface area contributed by atoms with Crippen molar-refractivity contribution in [2.45, 2.75) is 51.0 Å². The van der Waals surface area contributed by atoms with Crippen LogP contribution in [-0.2, 0) is 16.0 Å². The number of carbonyl (C=O) groups excluding carboxylic acids is 1. The molecule has 0 aliphatic carbocycles. The number of likely N-dealkylation sites (tertiary alicyclic amines) is 1. The number of rotatable bonds is 6. The summed E-state index contributed by atoms with van der Waals surface area (Å²) < 4.78 is 10.8. The zero-order valence-electron chi connectivity index (χ0n) is 15.9. The molecule has 2 saturated heterocycles. The van der Waals surface area contributed by atoms with Gasteiger partial charge in [-0.25, -0.2) is 0 Å². The second-order valence-electron chi connectivity index (χ2n) is 7.62. The predicted octanol–water partition coefficient (Wildman–Crippen LogP) is 2.76. The average molecular weight is 360 g/mol. The van der Waals surface area contributed by atoms with E-state index in [-0.39, 0.29) is 5.91 Å². The molecule has 0 unspecified atom stereocenters. The summed E-state index contributed by atoms with van der Waals surface area (Å²) >= 11 is 0. The lowest BCUT2D eigenvalue weighted by Gasteiger charge is -2.40. The van der Waals surface area contributed by atoms with Crippen LogP contribution in [0.15, 0.2) is 24.3 Å². The first kappa shape index (κ1) is 19.2. The Morgan fingerprint density at radius 2 is 1.88 bits per heavy atom. The fraction of sp³-hybridized carbons (Fsp3) is 0.667. The van der Waals surface area contributed by atoms with Crippen LogP contribution in [-0.4, -0.2) is 49.3 Å². The highest BCUT2D eigenvalue weighted by atomic mass is 16.5. The first-order valence-corrected chi connectivity index (χ1v) is 9.98. The minimum atomic E-state index is -0.701. The molecule has 5 heteroatoms. The Hall–Kier alpha value is -1.59. The number of nitrogens with two attached hydrogens (primary N) is 1. The maximum atomic E-state index is 12.8. The number of ether oxygens (including phenoxy) is 2. The monoisotopic (exact) mass is 360 g/mol. The van der Waals surface area contributed by atoms with Gasteiger partial charge in [-0.1, -0.05) is 12.1 Å². The van der Waals surface area contributed by atoms with Gasteiger partial charge >= 0.3 is 0 Å². The van der Waals surface area contributed by atoms with Gasteiger partial charge in [0.25, 0.3) is 0 Å². The number of aryl methyl sites for hydroxylation is 1. The molecule has 2 fully saturated rings. The molecule has 0 atom stereocenters. The van der Waals surface area contributed by atoms with Crippen LogP contribution >= 0.6 is 0 Å². The van der Waals surface area contributed by atoms with Crippen LogP contribution in [0.1, 0.15) is 44.6 Å². The minimum absolute atomic E-state index is 0.130. The van der Waals surface area contributed by atoms with Crippen molar-refractivity contribution in [3.05, 3.63) is 29.8 Å². The van der Waals surface area contributed by atoms with Crippen molar-refractivity contribution in [3.8, 4) is 5.75 Å². The van der Waals surface area contributed by atoms with Crippen molar-refractivity contribution in [2.24, 2.45) is 11.7 Å². The Bertz CT molecular complexity index is 573. The maximum Gasteiger partial charge on any atom is 0.242 e. The number of amides is 1. The van der Waals surface area contributed by atoms with Crippen molar-refractivity contribution < 1.29 is 14.3 Å². The van der Waals surface area contributed by atoms with Crippen molar-refractivity contribution >= 4 is 5.91 Å². The number of piperidine rings is 1. The molecule has 0 aromatic heterocycles. The fourth-order valence-electron chi connectivity index (χ4n) is 3.98. The Morgan fingerprint density at radius 3 is 2.50 bits per heavy atom. The van der Waals surface area contributed by atoms with Gasteiger partial charge in [0.1, 0.15) is 5.75 Å². The normalized spacial score (nSPS) is 20.8. The molecule has 144 valence electrons. The molecule has 0 bridgehead atoms. The zero-order valence-corrected chi connectivity index (χ0v) is 15.9. The van der Waals surface area contributed by atoms with Gasteiger partial charge in [-0.2, -0.15) is 0 Å². The van der Waals surface area contributed by atoms with Crippen LogP contribution in [0.25, 0.3) is 0 Å². The molecule has 0 radical (unpaired) electrons. The molecular weight excluding hydrogens is 328 g/mol. The summed E-state index contributed by atoms with van der Waals surface area (Å²) in [6, 6.07) is 8.42. The smallest absolute Gasteiger partial charge is 0.242 e. The largest absolute Gasteiger partial charge is 0.494 e. The fourth-order valence-corrected chi connectivity index (χ4v) is 3.98. The summed E-state index contributed by atoms with van der Waals surface area (Å²) in [4.78, 5) is 14.8. The van der Waals surface area contributed by atoms with Gasteiger partial charge in [-0.15, -0.1) is 0 Å². The number of benzene rings is 1. The van der Waals surface area contributed by atoms with E-state index in [1.807, 2.05) is 11.8 Å². The molecule has 2 N–H and O–H groups in total. The summed E-state index contributed by atoms with van der Waals surface area (Å²) in [5.74, 6) is 1.76. The van der Waals surface area contributed by atoms with Gasteiger partial charge in [-0.05, 0) is 69.1 Å². The van der Waals surface area contributed by atoms with Crippen molar-refractivity contribution in [1.82, 2.24) is 4.90 Å². The lowest BCUT2D eigenvalue weighted by molar-refractivity contribution is -0.142. The molecule has 3 rings (SSSR count). The molecular formula is C21H32N2O3. The summed E-state index contributed by atoms with van der Waals surface area (Å²) in [6.07, 6.45) is 5.71. The maximum absolute atomic E-state index is 12.8. The third-order valence-electron chi connectivity index (χ3n) is 5.79. The summed E-state index contributed by atoms with van der Waals surface area (Å²) in [5, 5.41) is 0. The van der Waals surface area contributed by atoms with E-state index in [1.165, 1.54) is 12.0 Å². The highest BCUT2D eigenvalue weighted by Crippen LogP contribution is 2.27. The van der Waals surface area contributed by atoms with Crippen molar-refractivity contribution in [3.63, 3.8) is 0 Å². The minimum Gasteiger partial charge on any atom is -0.494 e. The van der Waals surface area contributed by atoms with E-state index in [0.717, 1.165) is 38.1 Å². The van der Waals surface area contributed by atoms with E-state index in [1.54, 1.807) is 0 Å². The predicted molar refractivity (Wildman–Crippen MR) is 102 cm³/mol. The van der Waals surface area contributed by atoms with E-state index >= 15 is 0 Å². The Morgan fingerprint density at radius 1 is 1.23 bits per heavy atom. The van der Waals surface area contributed by atoms with Crippen LogP contribution in [0.2, 0.25) is 0 Å². The van der Waals surface area contributed by atoms with Crippen LogP contribution in [0, 0.1) is 5.92 Å². The van der Waals surface area contributed by atoms with E-state index in [9.17, 15) is 4.79 Å². The second kappa shape index (κ2) is 8.87. The third kappa shape index (κ3) is 4.77. The number of hydrogen-bond acceptors (Lipinski definition) is 4. The van der Waals surface area contributed by atoms with Gasteiger partial charge in [0.2, 0.25) is 5.91 Å². The van der Waals surface area contributed by atoms with Crippen LogP contribution < -0.4 is 10.5 Å². The van der Waals surface area contributed by atoms with Gasteiger partial charge in [0.05, 0.1) is 12.1 Å². The molecule has 5 nitrogen and oxygen atoms in total. The first-order valence-electron chi connectivity index (χ1n) is 9.98. The SMILES string of the molecule is CCOc1ccc(CCC2CCN(C(=O)C3(N)CCOCC3)CC2)cc1.